The van der Waals surface area contributed by atoms with Crippen molar-refractivity contribution < 1.29 is 14.3 Å². The van der Waals surface area contributed by atoms with Gasteiger partial charge in [-0.1, -0.05) is 0 Å². The van der Waals surface area contributed by atoms with Gasteiger partial charge in [0.1, 0.15) is 11.6 Å². The molecule has 0 saturated heterocycles. The Morgan fingerprint density at radius 3 is 2.72 bits per heavy atom. The summed E-state index contributed by atoms with van der Waals surface area (Å²) < 4.78 is 13.5. The summed E-state index contributed by atoms with van der Waals surface area (Å²) in [5.74, 6) is -1.25. The normalized spacial score (nSPS) is 10.4. The molecule has 1 aromatic heterocycles. The largest absolute Gasteiger partial charge is 0.508 e. The van der Waals surface area contributed by atoms with Crippen LogP contribution in [0.5, 0.6) is 5.75 Å². The molecule has 1 aromatic carbocycles. The van der Waals surface area contributed by atoms with Gasteiger partial charge in [-0.25, -0.2) is 4.39 Å². The highest BCUT2D eigenvalue weighted by atomic mass is 19.1. The standard InChI is InChI=1S/C12H12FN3O2/c1-6-7(2)15-16-11(6)14-12(18)9-4-3-8(17)5-10(9)13/h3-5,17H,1-2H3,(H2,14,15,16,18). The van der Waals surface area contributed by atoms with E-state index >= 15 is 0 Å². The Hall–Kier alpha value is -2.37. The van der Waals surface area contributed by atoms with Crippen LogP contribution in [0.3, 0.4) is 0 Å². The van der Waals surface area contributed by atoms with Crippen LogP contribution in [0.2, 0.25) is 0 Å². The molecule has 1 amide bonds. The van der Waals surface area contributed by atoms with E-state index in [1.807, 2.05) is 6.92 Å². The van der Waals surface area contributed by atoms with Crippen molar-refractivity contribution in [1.82, 2.24) is 10.2 Å². The second-order valence-corrected chi connectivity index (χ2v) is 3.94. The number of phenolic OH excluding ortho intramolecular Hbond substituents is 1. The molecule has 2 aromatic rings. The Bertz CT molecular complexity index is 607. The van der Waals surface area contributed by atoms with Crippen molar-refractivity contribution in [2.24, 2.45) is 0 Å². The van der Waals surface area contributed by atoms with E-state index in [2.05, 4.69) is 15.5 Å². The number of nitrogens with zero attached hydrogens (tertiary/aromatic N) is 1. The third kappa shape index (κ3) is 2.17. The Morgan fingerprint density at radius 2 is 2.17 bits per heavy atom. The Labute approximate surface area is 103 Å². The molecule has 0 aliphatic rings. The second-order valence-electron chi connectivity index (χ2n) is 3.94. The van der Waals surface area contributed by atoms with Gasteiger partial charge in [0.25, 0.3) is 5.91 Å². The van der Waals surface area contributed by atoms with Crippen LogP contribution in [0.1, 0.15) is 21.6 Å². The molecule has 0 unspecified atom stereocenters. The molecule has 0 aliphatic heterocycles. The molecule has 0 radical (unpaired) electrons. The number of aromatic nitrogens is 2. The smallest absolute Gasteiger partial charge is 0.259 e. The number of anilines is 1. The van der Waals surface area contributed by atoms with Gasteiger partial charge in [-0.3, -0.25) is 9.89 Å². The first-order valence-corrected chi connectivity index (χ1v) is 5.30. The predicted octanol–water partition coefficient (Wildman–Crippen LogP) is 2.12. The molecule has 5 nitrogen and oxygen atoms in total. The summed E-state index contributed by atoms with van der Waals surface area (Å²) >= 11 is 0. The maximum atomic E-state index is 13.5. The third-order valence-electron chi connectivity index (χ3n) is 2.68. The van der Waals surface area contributed by atoms with Crippen molar-refractivity contribution in [3.05, 3.63) is 40.8 Å². The number of carbonyl (C=O) groups excluding carboxylic acids is 1. The number of rotatable bonds is 2. The molecule has 0 bridgehead atoms. The molecule has 6 heteroatoms. The fraction of sp³-hybridized carbons (Fsp3) is 0.167. The van der Waals surface area contributed by atoms with Crippen LogP contribution in [-0.4, -0.2) is 21.2 Å². The first kappa shape index (κ1) is 12.1. The third-order valence-corrected chi connectivity index (χ3v) is 2.68. The number of hydrogen-bond donors (Lipinski definition) is 3. The first-order chi connectivity index (χ1) is 8.49. The molecule has 18 heavy (non-hydrogen) atoms. The fourth-order valence-electron chi connectivity index (χ4n) is 1.47. The van der Waals surface area contributed by atoms with Crippen LogP contribution in [0.4, 0.5) is 10.2 Å². The Morgan fingerprint density at radius 1 is 1.44 bits per heavy atom. The summed E-state index contributed by atoms with van der Waals surface area (Å²) in [7, 11) is 0. The fourth-order valence-corrected chi connectivity index (χ4v) is 1.47. The SMILES string of the molecule is Cc1[nH]nc(NC(=O)c2ccc(O)cc2F)c1C. The van der Waals surface area contributed by atoms with Gasteiger partial charge in [-0.15, -0.1) is 0 Å². The zero-order valence-corrected chi connectivity index (χ0v) is 9.91. The van der Waals surface area contributed by atoms with Gasteiger partial charge < -0.3 is 10.4 Å². The summed E-state index contributed by atoms with van der Waals surface area (Å²) in [5, 5.41) is 18.2. The van der Waals surface area contributed by atoms with Crippen LogP contribution in [-0.2, 0) is 0 Å². The molecule has 1 heterocycles. The highest BCUT2D eigenvalue weighted by Crippen LogP contribution is 2.18. The Kier molecular flexibility index (Phi) is 3.01. The van der Waals surface area contributed by atoms with Crippen molar-refractivity contribution in [3.63, 3.8) is 0 Å². The molecular formula is C12H12FN3O2. The zero-order valence-electron chi connectivity index (χ0n) is 9.91. The molecule has 2 rings (SSSR count). The lowest BCUT2D eigenvalue weighted by atomic mass is 10.2. The molecule has 3 N–H and O–H groups in total. The number of hydrogen-bond acceptors (Lipinski definition) is 3. The van der Waals surface area contributed by atoms with Crippen LogP contribution in [0.25, 0.3) is 0 Å². The van der Waals surface area contributed by atoms with E-state index in [-0.39, 0.29) is 11.3 Å². The number of H-pyrrole nitrogens is 1. The number of aromatic hydroxyl groups is 1. The maximum absolute atomic E-state index is 13.5. The average Bonchev–Trinajstić information content (AvgIpc) is 2.61. The van der Waals surface area contributed by atoms with Crippen molar-refractivity contribution >= 4 is 11.7 Å². The lowest BCUT2D eigenvalue weighted by Crippen LogP contribution is -2.14. The van der Waals surface area contributed by atoms with E-state index in [0.717, 1.165) is 17.3 Å². The number of nitrogens with one attached hydrogen (secondary N) is 2. The molecule has 0 saturated carbocycles. The molecule has 0 aliphatic carbocycles. The van der Waals surface area contributed by atoms with E-state index in [4.69, 9.17) is 5.11 Å². The first-order valence-electron chi connectivity index (χ1n) is 5.30. The summed E-state index contributed by atoms with van der Waals surface area (Å²) in [4.78, 5) is 11.8. The van der Waals surface area contributed by atoms with E-state index in [1.165, 1.54) is 12.1 Å². The summed E-state index contributed by atoms with van der Waals surface area (Å²) in [6.45, 7) is 3.61. The predicted molar refractivity (Wildman–Crippen MR) is 64.1 cm³/mol. The van der Waals surface area contributed by atoms with Crippen LogP contribution >= 0.6 is 0 Å². The number of amides is 1. The van der Waals surface area contributed by atoms with Crippen molar-refractivity contribution in [3.8, 4) is 5.75 Å². The topological polar surface area (TPSA) is 78.0 Å². The number of phenols is 1. The lowest BCUT2D eigenvalue weighted by molar-refractivity contribution is 0.102. The lowest BCUT2D eigenvalue weighted by Gasteiger charge is -2.04. The summed E-state index contributed by atoms with van der Waals surface area (Å²) in [6, 6.07) is 3.35. The minimum Gasteiger partial charge on any atom is -0.508 e. The minimum absolute atomic E-state index is 0.146. The minimum atomic E-state index is -0.780. The van der Waals surface area contributed by atoms with Gasteiger partial charge in [0, 0.05) is 17.3 Å². The molecule has 0 spiro atoms. The van der Waals surface area contributed by atoms with Crippen molar-refractivity contribution in [2.75, 3.05) is 5.32 Å². The number of carbonyl (C=O) groups is 1. The van der Waals surface area contributed by atoms with Crippen LogP contribution in [0.15, 0.2) is 18.2 Å². The summed E-state index contributed by atoms with van der Waals surface area (Å²) in [6.07, 6.45) is 0. The van der Waals surface area contributed by atoms with E-state index in [9.17, 15) is 9.18 Å². The van der Waals surface area contributed by atoms with Gasteiger partial charge in [0.05, 0.1) is 5.56 Å². The number of aromatic amines is 1. The van der Waals surface area contributed by atoms with Gasteiger partial charge in [0.15, 0.2) is 5.82 Å². The van der Waals surface area contributed by atoms with Gasteiger partial charge >= 0.3 is 0 Å². The highest BCUT2D eigenvalue weighted by molar-refractivity contribution is 6.04. The molecular weight excluding hydrogens is 237 g/mol. The monoisotopic (exact) mass is 249 g/mol. The van der Waals surface area contributed by atoms with Crippen LogP contribution < -0.4 is 5.32 Å². The van der Waals surface area contributed by atoms with E-state index < -0.39 is 11.7 Å². The molecule has 0 atom stereocenters. The van der Waals surface area contributed by atoms with Gasteiger partial charge in [-0.2, -0.15) is 5.10 Å². The van der Waals surface area contributed by atoms with Crippen molar-refractivity contribution in [2.45, 2.75) is 13.8 Å². The van der Waals surface area contributed by atoms with E-state index in [1.54, 1.807) is 6.92 Å². The van der Waals surface area contributed by atoms with Gasteiger partial charge in [-0.05, 0) is 26.0 Å². The molecule has 94 valence electrons. The highest BCUT2D eigenvalue weighted by Gasteiger charge is 2.15. The Balaban J connectivity index is 2.25. The van der Waals surface area contributed by atoms with Crippen LogP contribution in [0, 0.1) is 19.7 Å². The average molecular weight is 249 g/mol. The second kappa shape index (κ2) is 4.48. The maximum Gasteiger partial charge on any atom is 0.259 e. The van der Waals surface area contributed by atoms with E-state index in [0.29, 0.717) is 5.82 Å². The van der Waals surface area contributed by atoms with Gasteiger partial charge in [0.2, 0.25) is 0 Å². The summed E-state index contributed by atoms with van der Waals surface area (Å²) in [5.41, 5.74) is 1.48. The number of benzene rings is 1. The number of halogens is 1. The number of aryl methyl sites for hydroxylation is 1. The zero-order chi connectivity index (χ0) is 13.3. The molecule has 0 fully saturated rings. The quantitative estimate of drug-likeness (QED) is 0.762. The van der Waals surface area contributed by atoms with Crippen molar-refractivity contribution in [1.29, 1.82) is 0 Å².